The fourth-order valence-corrected chi connectivity index (χ4v) is 7.36. The highest BCUT2D eigenvalue weighted by Crippen LogP contribution is 2.45. The molecule has 2 aliphatic heterocycles. The predicted octanol–water partition coefficient (Wildman–Crippen LogP) is 6.11. The summed E-state index contributed by atoms with van der Waals surface area (Å²) in [5.74, 6) is 7.63. The Hall–Kier alpha value is -2.55. The largest absolute Gasteiger partial charge is 0.494 e. The van der Waals surface area contributed by atoms with Crippen LogP contribution in [-0.2, 0) is 4.57 Å². The summed E-state index contributed by atoms with van der Waals surface area (Å²) in [5, 5.41) is 6.12. The van der Waals surface area contributed by atoms with E-state index in [9.17, 15) is 4.57 Å². The normalized spacial score (nSPS) is 17.5. The van der Waals surface area contributed by atoms with Crippen molar-refractivity contribution in [3.8, 4) is 5.75 Å². The number of anilines is 5. The first-order chi connectivity index (χ1) is 19.5. The summed E-state index contributed by atoms with van der Waals surface area (Å²) in [5.41, 5.74) is 2.55. The third-order valence-corrected chi connectivity index (χ3v) is 10.5. The Morgan fingerprint density at radius 1 is 1.05 bits per heavy atom. The van der Waals surface area contributed by atoms with Crippen LogP contribution in [0.5, 0.6) is 5.75 Å². The third kappa shape index (κ3) is 6.45. The number of nitrogens with two attached hydrogens (primary N) is 1. The maximum Gasteiger partial charge on any atom is 0.246 e. The fourth-order valence-electron chi connectivity index (χ4n) is 5.79. The molecule has 12 heteroatoms. The van der Waals surface area contributed by atoms with Crippen molar-refractivity contribution in [1.29, 1.82) is 0 Å². The van der Waals surface area contributed by atoms with Gasteiger partial charge < -0.3 is 24.4 Å². The van der Waals surface area contributed by atoms with Gasteiger partial charge in [0, 0.05) is 24.5 Å². The Morgan fingerprint density at radius 3 is 2.37 bits per heavy atom. The van der Waals surface area contributed by atoms with E-state index in [4.69, 9.17) is 33.8 Å². The second kappa shape index (κ2) is 12.0. The summed E-state index contributed by atoms with van der Waals surface area (Å²) in [6.07, 6.45) is 6.31. The van der Waals surface area contributed by atoms with Crippen molar-refractivity contribution in [2.75, 3.05) is 68.9 Å². The number of likely N-dealkylation sites (tertiary alicyclic amines) is 1. The topological polar surface area (TPSA) is 99.9 Å². The molecule has 2 saturated heterocycles. The van der Waals surface area contributed by atoms with Crippen LogP contribution >= 0.6 is 30.3 Å². The number of piperidine rings is 2. The quantitative estimate of drug-likeness (QED) is 0.185. The molecule has 220 valence electrons. The number of nitrogens with one attached hydrogen (secondary N) is 1. The van der Waals surface area contributed by atoms with Gasteiger partial charge >= 0.3 is 0 Å². The van der Waals surface area contributed by atoms with E-state index in [0.29, 0.717) is 43.7 Å². The molecule has 1 spiro atoms. The van der Waals surface area contributed by atoms with Crippen molar-refractivity contribution in [3.63, 3.8) is 0 Å². The number of hydrazine groups is 1. The zero-order valence-electron chi connectivity index (χ0n) is 24.0. The number of benzene rings is 2. The van der Waals surface area contributed by atoms with Gasteiger partial charge in [-0.05, 0) is 82.8 Å². The average Bonchev–Trinajstić information content (AvgIpc) is 2.96. The molecule has 3 N–H and O–H groups in total. The minimum absolute atomic E-state index is 0.190. The van der Waals surface area contributed by atoms with Gasteiger partial charge in [-0.1, -0.05) is 35.3 Å². The standard InChI is InChI=1S/C29H38Cl2N7O2P/c1-36-13-9-29(10-14-36)11-15-37(16-12-29)23-18-25(40-2)24(17-20(23)30)38(32)28-33-19-21(31)27(35-28)34-22-7-5-6-8-26(22)41(3,4)39/h5-8,17-19H,9-16,32H2,1-4H3,(H,33,34,35). The number of aromatic nitrogens is 2. The maximum absolute atomic E-state index is 12.8. The zero-order valence-corrected chi connectivity index (χ0v) is 26.4. The summed E-state index contributed by atoms with van der Waals surface area (Å²) >= 11 is 13.3. The molecule has 0 unspecified atom stereocenters. The van der Waals surface area contributed by atoms with Gasteiger partial charge in [0.05, 0.1) is 29.7 Å². The molecule has 2 aliphatic rings. The molecule has 2 aromatic carbocycles. The first-order valence-corrected chi connectivity index (χ1v) is 17.2. The van der Waals surface area contributed by atoms with Gasteiger partial charge in [-0.15, -0.1) is 0 Å². The lowest BCUT2D eigenvalue weighted by Gasteiger charge is -2.47. The van der Waals surface area contributed by atoms with Crippen molar-refractivity contribution >= 4 is 64.5 Å². The number of ether oxygens (including phenoxy) is 1. The van der Waals surface area contributed by atoms with Crippen molar-refractivity contribution in [1.82, 2.24) is 14.9 Å². The van der Waals surface area contributed by atoms with Gasteiger partial charge in [0.2, 0.25) is 5.95 Å². The molecule has 2 fully saturated rings. The first kappa shape index (κ1) is 29.9. The summed E-state index contributed by atoms with van der Waals surface area (Å²) in [6.45, 7) is 7.69. The van der Waals surface area contributed by atoms with Crippen LogP contribution in [0, 0.1) is 5.41 Å². The van der Waals surface area contributed by atoms with E-state index in [-0.39, 0.29) is 5.95 Å². The van der Waals surface area contributed by atoms with Crippen LogP contribution in [0.15, 0.2) is 42.6 Å². The Kier molecular flexibility index (Phi) is 8.74. The van der Waals surface area contributed by atoms with Crippen molar-refractivity contribution < 1.29 is 9.30 Å². The van der Waals surface area contributed by atoms with Crippen molar-refractivity contribution in [3.05, 3.63) is 52.6 Å². The highest BCUT2D eigenvalue weighted by atomic mass is 35.5. The number of nitrogens with zero attached hydrogens (tertiary/aromatic N) is 5. The van der Waals surface area contributed by atoms with Crippen molar-refractivity contribution in [2.45, 2.75) is 25.7 Å². The minimum atomic E-state index is -2.55. The second-order valence-corrected chi connectivity index (χ2v) is 15.5. The molecule has 0 saturated carbocycles. The molecule has 3 aromatic rings. The van der Waals surface area contributed by atoms with Crippen LogP contribution < -0.4 is 31.1 Å². The van der Waals surface area contributed by atoms with E-state index >= 15 is 0 Å². The lowest BCUT2D eigenvalue weighted by atomic mass is 9.71. The van der Waals surface area contributed by atoms with Gasteiger partial charge in [-0.25, -0.2) is 15.8 Å². The van der Waals surface area contributed by atoms with Gasteiger partial charge in [-0.2, -0.15) is 4.98 Å². The monoisotopic (exact) mass is 617 g/mol. The number of rotatable bonds is 7. The first-order valence-electron chi connectivity index (χ1n) is 13.8. The molecule has 0 amide bonds. The predicted molar refractivity (Wildman–Crippen MR) is 171 cm³/mol. The highest BCUT2D eigenvalue weighted by molar-refractivity contribution is 7.70. The maximum atomic E-state index is 12.8. The Bertz CT molecular complexity index is 1450. The van der Waals surface area contributed by atoms with Crippen molar-refractivity contribution in [2.24, 2.45) is 11.3 Å². The molecular weight excluding hydrogens is 580 g/mol. The molecule has 0 bridgehead atoms. The molecule has 41 heavy (non-hydrogen) atoms. The number of para-hydroxylation sites is 1. The minimum Gasteiger partial charge on any atom is -0.494 e. The molecule has 0 atom stereocenters. The lowest BCUT2D eigenvalue weighted by Crippen LogP contribution is -2.46. The Morgan fingerprint density at radius 2 is 1.71 bits per heavy atom. The van der Waals surface area contributed by atoms with E-state index < -0.39 is 7.14 Å². The number of hydrogen-bond donors (Lipinski definition) is 2. The number of hydrogen-bond acceptors (Lipinski definition) is 9. The van der Waals surface area contributed by atoms with Crippen LogP contribution in [0.2, 0.25) is 10.0 Å². The van der Waals surface area contributed by atoms with Crippen LogP contribution in [0.25, 0.3) is 0 Å². The highest BCUT2D eigenvalue weighted by Gasteiger charge is 2.37. The van der Waals surface area contributed by atoms with Crippen LogP contribution in [0.3, 0.4) is 0 Å². The van der Waals surface area contributed by atoms with E-state index in [1.54, 1.807) is 26.5 Å². The van der Waals surface area contributed by atoms with Crippen LogP contribution in [0.4, 0.5) is 28.8 Å². The Balaban J connectivity index is 1.38. The molecule has 5 rings (SSSR count). The molecule has 1 aromatic heterocycles. The molecular formula is C29H38Cl2N7O2P. The summed E-state index contributed by atoms with van der Waals surface area (Å²) in [6, 6.07) is 11.1. The SMILES string of the molecule is COc1cc(N2CCC3(CCN(C)CC3)CC2)c(Cl)cc1N(N)c1ncc(Cl)c(Nc2ccccc2P(C)(C)=O)n1. The van der Waals surface area contributed by atoms with Crippen LogP contribution in [0.1, 0.15) is 25.7 Å². The van der Waals surface area contributed by atoms with E-state index in [0.717, 1.165) is 31.6 Å². The number of halogens is 2. The van der Waals surface area contributed by atoms with Gasteiger partial charge in [-0.3, -0.25) is 0 Å². The lowest BCUT2D eigenvalue weighted by molar-refractivity contribution is 0.0945. The second-order valence-electron chi connectivity index (χ2n) is 11.5. The summed E-state index contributed by atoms with van der Waals surface area (Å²) in [4.78, 5) is 13.7. The van der Waals surface area contributed by atoms with Gasteiger partial charge in [0.15, 0.2) is 5.82 Å². The van der Waals surface area contributed by atoms with Gasteiger partial charge in [0.25, 0.3) is 0 Å². The van der Waals surface area contributed by atoms with E-state index in [1.807, 2.05) is 30.3 Å². The Labute approximate surface area is 252 Å². The smallest absolute Gasteiger partial charge is 0.246 e. The van der Waals surface area contributed by atoms with E-state index in [1.165, 1.54) is 37.1 Å². The molecule has 0 aliphatic carbocycles. The van der Waals surface area contributed by atoms with Crippen LogP contribution in [-0.4, -0.2) is 68.5 Å². The zero-order chi connectivity index (χ0) is 29.4. The van der Waals surface area contributed by atoms with E-state index in [2.05, 4.69) is 32.1 Å². The molecule has 9 nitrogen and oxygen atoms in total. The molecule has 0 radical (unpaired) electrons. The third-order valence-electron chi connectivity index (χ3n) is 8.40. The van der Waals surface area contributed by atoms with Gasteiger partial charge in [0.1, 0.15) is 23.6 Å². The number of methoxy groups -OCH3 is 1. The average molecular weight is 619 g/mol. The fraction of sp³-hybridized carbons (Fsp3) is 0.448. The molecule has 3 heterocycles. The summed E-state index contributed by atoms with van der Waals surface area (Å²) in [7, 11) is 1.26. The summed E-state index contributed by atoms with van der Waals surface area (Å²) < 4.78 is 18.6.